The van der Waals surface area contributed by atoms with E-state index in [4.69, 9.17) is 0 Å². The van der Waals surface area contributed by atoms with Gasteiger partial charge in [-0.3, -0.25) is 0 Å². The first kappa shape index (κ1) is 10.00. The lowest BCUT2D eigenvalue weighted by molar-refractivity contribution is 1.49. The first-order valence-electron chi connectivity index (χ1n) is 4.93. The van der Waals surface area contributed by atoms with Crippen LogP contribution in [0.25, 0.3) is 21.3 Å². The highest BCUT2D eigenvalue weighted by Crippen LogP contribution is 2.30. The van der Waals surface area contributed by atoms with Crippen LogP contribution in [0, 0.1) is 0 Å². The predicted molar refractivity (Wildman–Crippen MR) is 72.8 cm³/mol. The molecule has 0 aliphatic rings. The van der Waals surface area contributed by atoms with Crippen LogP contribution in [0.2, 0.25) is 0 Å². The van der Waals surface area contributed by atoms with E-state index in [1.165, 1.54) is 15.8 Å². The topological polar surface area (TPSA) is 12.9 Å². The van der Waals surface area contributed by atoms with Gasteiger partial charge in [-0.1, -0.05) is 40.2 Å². The predicted octanol–water partition coefficient (Wildman–Crippen LogP) is 4.73. The highest BCUT2D eigenvalue weighted by atomic mass is 79.9. The summed E-state index contributed by atoms with van der Waals surface area (Å²) in [5.41, 5.74) is 5.40. The second-order valence-corrected chi connectivity index (χ2v) is 5.31. The van der Waals surface area contributed by atoms with Gasteiger partial charge >= 0.3 is 0 Å². The summed E-state index contributed by atoms with van der Waals surface area (Å²) in [5.74, 6) is 0. The average Bonchev–Trinajstić information content (AvgIpc) is 2.78. The van der Waals surface area contributed by atoms with Gasteiger partial charge in [0.25, 0.3) is 0 Å². The molecule has 0 amide bonds. The van der Waals surface area contributed by atoms with Crippen LogP contribution in [-0.2, 0) is 0 Å². The van der Waals surface area contributed by atoms with Crippen molar-refractivity contribution in [3.8, 4) is 11.1 Å². The number of aromatic nitrogens is 1. The molecule has 0 aliphatic carbocycles. The fourth-order valence-corrected chi connectivity index (χ4v) is 2.72. The number of para-hydroxylation sites is 1. The third kappa shape index (κ3) is 1.66. The molecule has 2 aromatic carbocycles. The first-order chi connectivity index (χ1) is 7.84. The quantitative estimate of drug-likeness (QED) is 0.631. The van der Waals surface area contributed by atoms with E-state index in [1.807, 2.05) is 5.51 Å². The molecular weight excluding hydrogens is 282 g/mol. The van der Waals surface area contributed by atoms with Gasteiger partial charge in [0.2, 0.25) is 0 Å². The minimum absolute atomic E-state index is 1.09. The van der Waals surface area contributed by atoms with Crippen LogP contribution in [0.3, 0.4) is 0 Å². The molecule has 3 aromatic rings. The van der Waals surface area contributed by atoms with E-state index in [-0.39, 0.29) is 0 Å². The third-order valence-electron chi connectivity index (χ3n) is 2.52. The molecule has 0 atom stereocenters. The number of rotatable bonds is 1. The molecular formula is C13H8BrNS. The van der Waals surface area contributed by atoms with E-state index in [2.05, 4.69) is 63.4 Å². The van der Waals surface area contributed by atoms with Crippen molar-refractivity contribution in [2.75, 3.05) is 0 Å². The second-order valence-electron chi connectivity index (χ2n) is 3.51. The maximum Gasteiger partial charge on any atom is 0.0890 e. The van der Waals surface area contributed by atoms with Crippen molar-refractivity contribution in [1.29, 1.82) is 0 Å². The number of benzene rings is 2. The molecule has 0 fully saturated rings. The summed E-state index contributed by atoms with van der Waals surface area (Å²) in [4.78, 5) is 4.42. The Balaban J connectivity index is 2.25. The van der Waals surface area contributed by atoms with Gasteiger partial charge < -0.3 is 0 Å². The van der Waals surface area contributed by atoms with Crippen molar-refractivity contribution in [2.45, 2.75) is 0 Å². The minimum atomic E-state index is 1.09. The molecule has 3 rings (SSSR count). The van der Waals surface area contributed by atoms with E-state index in [9.17, 15) is 0 Å². The van der Waals surface area contributed by atoms with Crippen molar-refractivity contribution in [2.24, 2.45) is 0 Å². The molecule has 16 heavy (non-hydrogen) atoms. The van der Waals surface area contributed by atoms with Gasteiger partial charge in [-0.2, -0.15) is 0 Å². The maximum atomic E-state index is 4.42. The molecule has 0 spiro atoms. The molecule has 0 N–H and O–H groups in total. The van der Waals surface area contributed by atoms with Gasteiger partial charge in [-0.15, -0.1) is 11.3 Å². The SMILES string of the molecule is Brc1ccc(-c2cccc3scnc23)cc1. The van der Waals surface area contributed by atoms with Crippen LogP contribution in [0.1, 0.15) is 0 Å². The Labute approximate surface area is 106 Å². The average molecular weight is 290 g/mol. The van der Waals surface area contributed by atoms with Crippen molar-refractivity contribution in [3.05, 3.63) is 52.4 Å². The molecule has 0 saturated carbocycles. The largest absolute Gasteiger partial charge is 0.244 e. The molecule has 1 aromatic heterocycles. The van der Waals surface area contributed by atoms with E-state index in [0.717, 1.165) is 9.99 Å². The van der Waals surface area contributed by atoms with Crippen molar-refractivity contribution in [1.82, 2.24) is 4.98 Å². The van der Waals surface area contributed by atoms with Crippen LogP contribution in [0.15, 0.2) is 52.4 Å². The summed E-state index contributed by atoms with van der Waals surface area (Å²) in [6.45, 7) is 0. The Morgan fingerprint density at radius 2 is 1.81 bits per heavy atom. The molecule has 0 radical (unpaired) electrons. The summed E-state index contributed by atoms with van der Waals surface area (Å²) in [6.07, 6.45) is 0. The number of hydrogen-bond donors (Lipinski definition) is 0. The lowest BCUT2D eigenvalue weighted by Gasteiger charge is -2.02. The number of thiazole rings is 1. The van der Waals surface area contributed by atoms with Crippen LogP contribution in [0.5, 0.6) is 0 Å². The second kappa shape index (κ2) is 4.00. The number of fused-ring (bicyclic) bond motifs is 1. The van der Waals surface area contributed by atoms with Crippen LogP contribution in [0.4, 0.5) is 0 Å². The summed E-state index contributed by atoms with van der Waals surface area (Å²) < 4.78 is 2.34. The maximum absolute atomic E-state index is 4.42. The highest BCUT2D eigenvalue weighted by molar-refractivity contribution is 9.10. The molecule has 3 heteroatoms. The third-order valence-corrected chi connectivity index (χ3v) is 3.84. The zero-order chi connectivity index (χ0) is 11.0. The molecule has 0 saturated heterocycles. The van der Waals surface area contributed by atoms with Crippen LogP contribution < -0.4 is 0 Å². The van der Waals surface area contributed by atoms with E-state index >= 15 is 0 Å². The Hall–Kier alpha value is -1.19. The number of halogens is 1. The summed E-state index contributed by atoms with van der Waals surface area (Å²) in [7, 11) is 0. The van der Waals surface area contributed by atoms with Crippen molar-refractivity contribution in [3.63, 3.8) is 0 Å². The molecule has 0 bridgehead atoms. The highest BCUT2D eigenvalue weighted by Gasteiger charge is 2.05. The Kier molecular flexibility index (Phi) is 2.50. The summed E-state index contributed by atoms with van der Waals surface area (Å²) in [5, 5.41) is 0. The summed E-state index contributed by atoms with van der Waals surface area (Å²) in [6, 6.07) is 14.6. The normalized spacial score (nSPS) is 10.8. The summed E-state index contributed by atoms with van der Waals surface area (Å²) >= 11 is 5.13. The monoisotopic (exact) mass is 289 g/mol. The Morgan fingerprint density at radius 3 is 2.62 bits per heavy atom. The van der Waals surface area contributed by atoms with Gasteiger partial charge in [0.1, 0.15) is 0 Å². The number of hydrogen-bond acceptors (Lipinski definition) is 2. The van der Waals surface area contributed by atoms with Gasteiger partial charge in [0.15, 0.2) is 0 Å². The van der Waals surface area contributed by atoms with Crippen LogP contribution in [-0.4, -0.2) is 4.98 Å². The van der Waals surface area contributed by atoms with Gasteiger partial charge in [-0.05, 0) is 23.8 Å². The standard InChI is InChI=1S/C13H8BrNS/c14-10-6-4-9(5-7-10)11-2-1-3-12-13(11)15-8-16-12/h1-8H. The number of nitrogens with zero attached hydrogens (tertiary/aromatic N) is 1. The molecule has 78 valence electrons. The Bertz CT molecular complexity index is 628. The molecule has 0 unspecified atom stereocenters. The smallest absolute Gasteiger partial charge is 0.0890 e. The molecule has 1 nitrogen and oxygen atoms in total. The van der Waals surface area contributed by atoms with E-state index < -0.39 is 0 Å². The molecule has 0 aliphatic heterocycles. The zero-order valence-electron chi connectivity index (χ0n) is 8.35. The fourth-order valence-electron chi connectivity index (χ4n) is 1.75. The fraction of sp³-hybridized carbons (Fsp3) is 0. The van der Waals surface area contributed by atoms with Crippen LogP contribution >= 0.6 is 27.3 Å². The van der Waals surface area contributed by atoms with Crippen molar-refractivity contribution >= 4 is 37.5 Å². The molecule has 1 heterocycles. The van der Waals surface area contributed by atoms with Gasteiger partial charge in [-0.25, -0.2) is 4.98 Å². The van der Waals surface area contributed by atoms with Gasteiger partial charge in [0, 0.05) is 10.0 Å². The zero-order valence-corrected chi connectivity index (χ0v) is 10.8. The van der Waals surface area contributed by atoms with E-state index in [0.29, 0.717) is 0 Å². The Morgan fingerprint density at radius 1 is 1.00 bits per heavy atom. The van der Waals surface area contributed by atoms with E-state index in [1.54, 1.807) is 11.3 Å². The lowest BCUT2D eigenvalue weighted by Crippen LogP contribution is -1.79. The first-order valence-corrected chi connectivity index (χ1v) is 6.60. The lowest BCUT2D eigenvalue weighted by atomic mass is 10.1. The van der Waals surface area contributed by atoms with Crippen molar-refractivity contribution < 1.29 is 0 Å². The van der Waals surface area contributed by atoms with Gasteiger partial charge in [0.05, 0.1) is 15.7 Å². The minimum Gasteiger partial charge on any atom is -0.244 e.